The van der Waals surface area contributed by atoms with Crippen molar-refractivity contribution in [3.63, 3.8) is 0 Å². The molecule has 6 bridgehead atoms. The summed E-state index contributed by atoms with van der Waals surface area (Å²) in [6, 6.07) is 16.7. The fourth-order valence-corrected chi connectivity index (χ4v) is 5.16. The number of carbonyl (C=O) groups is 1. The van der Waals surface area contributed by atoms with Crippen LogP contribution in [0, 0.1) is 0 Å². The summed E-state index contributed by atoms with van der Waals surface area (Å²) < 4.78 is 5.94. The van der Waals surface area contributed by atoms with Gasteiger partial charge in [0.25, 0.3) is 0 Å². The van der Waals surface area contributed by atoms with Crippen LogP contribution in [-0.2, 0) is 11.3 Å². The molecule has 2 aliphatic heterocycles. The van der Waals surface area contributed by atoms with Gasteiger partial charge in [0.05, 0.1) is 12.3 Å². The summed E-state index contributed by atoms with van der Waals surface area (Å²) in [5, 5.41) is 10.5. The number of rotatable bonds is 6. The minimum absolute atomic E-state index is 0.0141. The van der Waals surface area contributed by atoms with Gasteiger partial charge in [-0.05, 0) is 67.9 Å². The van der Waals surface area contributed by atoms with Gasteiger partial charge in [0.15, 0.2) is 0 Å². The molecule has 3 N–H and O–H groups in total. The highest BCUT2D eigenvalue weighted by molar-refractivity contribution is 5.87. The van der Waals surface area contributed by atoms with Crippen LogP contribution in [0.4, 0.5) is 17.3 Å². The standard InChI is InChI=1S/C32H39N7O2/c1-3-31(40)39-15-11-28(23-39)38(2)16-14-34-26-18-24-19-27(21-26)36-32-35-13-10-30(37-32)25-8-7-9-29(20-25)41-17-6-4-5-12-33-22-24/h3-5,7-10,13,18-21,28,33-34H,1,6,11-12,14-17,22-23H2,2H3,(H,35,36,37)/b5-4+. The molecular formula is C32H39N7O2. The number of hydrogen-bond donors (Lipinski definition) is 3. The van der Waals surface area contributed by atoms with Gasteiger partial charge in [-0.3, -0.25) is 9.69 Å². The highest BCUT2D eigenvalue weighted by Crippen LogP contribution is 2.26. The van der Waals surface area contributed by atoms with Crippen molar-refractivity contribution in [2.24, 2.45) is 0 Å². The number of aromatic nitrogens is 2. The van der Waals surface area contributed by atoms with Crippen LogP contribution >= 0.6 is 0 Å². The van der Waals surface area contributed by atoms with Crippen molar-refractivity contribution >= 4 is 23.2 Å². The molecule has 0 aliphatic carbocycles. The molecule has 0 spiro atoms. The van der Waals surface area contributed by atoms with Crippen LogP contribution < -0.4 is 20.7 Å². The van der Waals surface area contributed by atoms with Gasteiger partial charge in [0.1, 0.15) is 5.75 Å². The fraction of sp³-hybridized carbons (Fsp3) is 0.344. The number of benzene rings is 2. The Balaban J connectivity index is 1.29. The van der Waals surface area contributed by atoms with Gasteiger partial charge >= 0.3 is 0 Å². The van der Waals surface area contributed by atoms with E-state index in [1.54, 1.807) is 6.20 Å². The number of ether oxygens (including phenoxy) is 1. The molecule has 0 saturated carbocycles. The number of carbonyl (C=O) groups excluding carboxylic acids is 1. The number of likely N-dealkylation sites (tertiary alicyclic amines) is 1. The van der Waals surface area contributed by atoms with Crippen LogP contribution in [0.15, 0.2) is 79.5 Å². The SMILES string of the molecule is C=CC(=O)N1CCC(N(C)CCNc2cc3cc(c2)Nc2nccc(n2)-c2cccc(c2)OCC/C=C/CNC3)C1. The van der Waals surface area contributed by atoms with Gasteiger partial charge in [0, 0.05) is 68.4 Å². The lowest BCUT2D eigenvalue weighted by Crippen LogP contribution is -2.38. The largest absolute Gasteiger partial charge is 0.493 e. The predicted octanol–water partition coefficient (Wildman–Crippen LogP) is 4.45. The van der Waals surface area contributed by atoms with E-state index in [9.17, 15) is 4.79 Å². The van der Waals surface area contributed by atoms with Gasteiger partial charge in [-0.15, -0.1) is 0 Å². The van der Waals surface area contributed by atoms with Gasteiger partial charge in [0.2, 0.25) is 11.9 Å². The molecule has 1 fully saturated rings. The summed E-state index contributed by atoms with van der Waals surface area (Å²) in [6.07, 6.45) is 9.29. The Kier molecular flexibility index (Phi) is 9.61. The summed E-state index contributed by atoms with van der Waals surface area (Å²) in [5.74, 6) is 1.38. The Hall–Kier alpha value is -4.21. The second-order valence-corrected chi connectivity index (χ2v) is 10.4. The molecule has 0 radical (unpaired) electrons. The molecule has 1 amide bonds. The summed E-state index contributed by atoms with van der Waals surface area (Å²) in [4.78, 5) is 25.4. The zero-order valence-electron chi connectivity index (χ0n) is 23.7. The lowest BCUT2D eigenvalue weighted by atomic mass is 10.1. The maximum atomic E-state index is 12.0. The number of hydrogen-bond acceptors (Lipinski definition) is 8. The van der Waals surface area contributed by atoms with Crippen molar-refractivity contribution < 1.29 is 9.53 Å². The molecule has 5 rings (SSSR count). The summed E-state index contributed by atoms with van der Waals surface area (Å²) in [7, 11) is 2.13. The van der Waals surface area contributed by atoms with Crippen molar-refractivity contribution in [1.82, 2.24) is 25.1 Å². The summed E-state index contributed by atoms with van der Waals surface area (Å²) in [6.45, 7) is 8.93. The normalized spacial score (nSPS) is 18.0. The third-order valence-electron chi connectivity index (χ3n) is 7.41. The minimum Gasteiger partial charge on any atom is -0.493 e. The number of nitrogens with zero attached hydrogens (tertiary/aromatic N) is 4. The minimum atomic E-state index is 0.0141. The number of anilines is 3. The molecule has 1 atom stereocenters. The van der Waals surface area contributed by atoms with Gasteiger partial charge in [-0.1, -0.05) is 30.9 Å². The Morgan fingerprint density at radius 2 is 2.17 bits per heavy atom. The highest BCUT2D eigenvalue weighted by Gasteiger charge is 2.27. The number of fused-ring (bicyclic) bond motifs is 7. The van der Waals surface area contributed by atoms with Crippen molar-refractivity contribution in [2.75, 3.05) is 57.0 Å². The topological polar surface area (TPSA) is 94.7 Å². The maximum Gasteiger partial charge on any atom is 0.246 e. The average Bonchev–Trinajstić information content (AvgIpc) is 3.49. The van der Waals surface area contributed by atoms with Gasteiger partial charge in [-0.2, -0.15) is 0 Å². The summed E-state index contributed by atoms with van der Waals surface area (Å²) in [5.41, 5.74) is 4.91. The van der Waals surface area contributed by atoms with Gasteiger partial charge in [-0.25, -0.2) is 9.97 Å². The van der Waals surface area contributed by atoms with E-state index in [0.717, 1.165) is 86.1 Å². The van der Waals surface area contributed by atoms with E-state index < -0.39 is 0 Å². The Labute approximate surface area is 242 Å². The molecule has 1 unspecified atom stereocenters. The molecule has 2 aromatic carbocycles. The third kappa shape index (κ3) is 7.93. The van der Waals surface area contributed by atoms with Crippen LogP contribution in [0.5, 0.6) is 5.75 Å². The zero-order valence-corrected chi connectivity index (χ0v) is 23.7. The Morgan fingerprint density at radius 1 is 1.24 bits per heavy atom. The Bertz CT molecular complexity index is 1380. The molecule has 2 aliphatic rings. The molecule has 3 aromatic rings. The predicted molar refractivity (Wildman–Crippen MR) is 164 cm³/mol. The maximum absolute atomic E-state index is 12.0. The molecule has 1 aromatic heterocycles. The number of nitrogens with one attached hydrogen (secondary N) is 3. The quantitative estimate of drug-likeness (QED) is 0.305. The molecular weight excluding hydrogens is 514 g/mol. The second kappa shape index (κ2) is 13.9. The molecule has 9 nitrogen and oxygen atoms in total. The van der Waals surface area contributed by atoms with E-state index >= 15 is 0 Å². The molecule has 3 heterocycles. The number of amides is 1. The smallest absolute Gasteiger partial charge is 0.246 e. The molecule has 41 heavy (non-hydrogen) atoms. The second-order valence-electron chi connectivity index (χ2n) is 10.4. The lowest BCUT2D eigenvalue weighted by Gasteiger charge is -2.25. The fourth-order valence-electron chi connectivity index (χ4n) is 5.16. The van der Waals surface area contributed by atoms with Crippen molar-refractivity contribution in [1.29, 1.82) is 0 Å². The van der Waals surface area contributed by atoms with Crippen molar-refractivity contribution in [3.05, 3.63) is 85.1 Å². The number of likely N-dealkylation sites (N-methyl/N-ethyl adjacent to an activating group) is 1. The van der Waals surface area contributed by atoms with E-state index in [-0.39, 0.29) is 5.91 Å². The first-order chi connectivity index (χ1) is 20.1. The monoisotopic (exact) mass is 553 g/mol. The van der Waals surface area contributed by atoms with E-state index in [4.69, 9.17) is 9.72 Å². The van der Waals surface area contributed by atoms with Gasteiger partial charge < -0.3 is 25.6 Å². The highest BCUT2D eigenvalue weighted by atomic mass is 16.5. The lowest BCUT2D eigenvalue weighted by molar-refractivity contribution is -0.125. The van der Waals surface area contributed by atoms with Crippen molar-refractivity contribution in [3.8, 4) is 17.0 Å². The van der Waals surface area contributed by atoms with Crippen LogP contribution in [0.25, 0.3) is 11.3 Å². The van der Waals surface area contributed by atoms with Crippen LogP contribution in [0.2, 0.25) is 0 Å². The van der Waals surface area contributed by atoms with Crippen LogP contribution in [0.1, 0.15) is 18.4 Å². The zero-order chi connectivity index (χ0) is 28.4. The van der Waals surface area contributed by atoms with E-state index in [0.29, 0.717) is 18.6 Å². The third-order valence-corrected chi connectivity index (χ3v) is 7.41. The first kappa shape index (κ1) is 28.3. The van der Waals surface area contributed by atoms with E-state index in [1.165, 1.54) is 6.08 Å². The Morgan fingerprint density at radius 3 is 3.07 bits per heavy atom. The van der Waals surface area contributed by atoms with E-state index in [2.05, 4.69) is 69.8 Å². The first-order valence-electron chi connectivity index (χ1n) is 14.3. The molecule has 9 heteroatoms. The van der Waals surface area contributed by atoms with E-state index in [1.807, 2.05) is 35.2 Å². The van der Waals surface area contributed by atoms with Crippen LogP contribution in [-0.4, -0.2) is 78.1 Å². The summed E-state index contributed by atoms with van der Waals surface area (Å²) >= 11 is 0. The average molecular weight is 554 g/mol. The molecule has 214 valence electrons. The van der Waals surface area contributed by atoms with Crippen LogP contribution in [0.3, 0.4) is 0 Å². The first-order valence-corrected chi connectivity index (χ1v) is 14.3. The molecule has 1 saturated heterocycles. The van der Waals surface area contributed by atoms with Crippen molar-refractivity contribution in [2.45, 2.75) is 25.4 Å².